The lowest BCUT2D eigenvalue weighted by Gasteiger charge is -2.12. The maximum atomic E-state index is 9.07. The third-order valence-corrected chi connectivity index (χ3v) is 6.29. The summed E-state index contributed by atoms with van der Waals surface area (Å²) < 4.78 is 12.0. The summed E-state index contributed by atoms with van der Waals surface area (Å²) in [6.45, 7) is 1.26. The topological polar surface area (TPSA) is 83.6 Å². The smallest absolute Gasteiger partial charge is 0.128 e. The summed E-state index contributed by atoms with van der Waals surface area (Å²) >= 11 is 0. The van der Waals surface area contributed by atoms with E-state index in [1.165, 1.54) is 12.4 Å². The lowest BCUT2D eigenvalue weighted by molar-refractivity contribution is 0.296. The Hall–Kier alpha value is -4.06. The number of hydrogen-bond acceptors (Lipinski definition) is 6. The van der Waals surface area contributed by atoms with E-state index in [1.54, 1.807) is 0 Å². The monoisotopic (exact) mass is 484 g/mol. The van der Waals surface area contributed by atoms with Crippen molar-refractivity contribution in [2.75, 3.05) is 13.2 Å². The first-order chi connectivity index (χ1) is 17.8. The average molecular weight is 485 g/mol. The molecule has 6 heteroatoms. The van der Waals surface area contributed by atoms with E-state index in [9.17, 15) is 0 Å². The fourth-order valence-electron chi connectivity index (χ4n) is 4.46. The van der Waals surface area contributed by atoms with E-state index >= 15 is 0 Å². The third kappa shape index (κ3) is 6.33. The Morgan fingerprint density at radius 2 is 0.944 bits per heavy atom. The number of unbranched alkanes of at least 4 members (excludes halogenated alkanes) is 5. The molecule has 4 aromatic carbocycles. The zero-order valence-corrected chi connectivity index (χ0v) is 20.3. The number of hydrogen-bond donors (Lipinski definition) is 2. The minimum absolute atomic E-state index is 0.630. The van der Waals surface area contributed by atoms with E-state index in [2.05, 4.69) is 10.3 Å². The minimum Gasteiger partial charge on any atom is -0.493 e. The highest BCUT2D eigenvalue weighted by atomic mass is 16.5. The van der Waals surface area contributed by atoms with Gasteiger partial charge in [-0.05, 0) is 46.5 Å². The van der Waals surface area contributed by atoms with Gasteiger partial charge < -0.3 is 19.9 Å². The quantitative estimate of drug-likeness (QED) is 0.0896. The molecule has 6 nitrogen and oxygen atoms in total. The SMILES string of the molecule is O/N=C/c1c(OCCCCCCCCOc2ccc3ccccc3c2/C=N/O)ccc2ccccc12. The molecular formula is C30H32N2O4. The second-order valence-corrected chi connectivity index (χ2v) is 8.70. The Labute approximate surface area is 211 Å². The Kier molecular flexibility index (Phi) is 9.14. The molecule has 0 atom stereocenters. The fraction of sp³-hybridized carbons (Fsp3) is 0.267. The van der Waals surface area contributed by atoms with Crippen LogP contribution in [0.2, 0.25) is 0 Å². The van der Waals surface area contributed by atoms with E-state index in [0.29, 0.717) is 13.2 Å². The summed E-state index contributed by atoms with van der Waals surface area (Å²) in [7, 11) is 0. The molecule has 0 bridgehead atoms. The van der Waals surface area contributed by atoms with Crippen molar-refractivity contribution in [2.45, 2.75) is 38.5 Å². The van der Waals surface area contributed by atoms with Crippen LogP contribution in [0.3, 0.4) is 0 Å². The van der Waals surface area contributed by atoms with E-state index < -0.39 is 0 Å². The first kappa shape index (κ1) is 25.0. The van der Waals surface area contributed by atoms with Gasteiger partial charge in [-0.15, -0.1) is 0 Å². The van der Waals surface area contributed by atoms with E-state index in [4.69, 9.17) is 19.9 Å². The molecule has 0 aliphatic carbocycles. The lowest BCUT2D eigenvalue weighted by atomic mass is 10.0. The molecular weight excluding hydrogens is 452 g/mol. The maximum Gasteiger partial charge on any atom is 0.128 e. The van der Waals surface area contributed by atoms with Gasteiger partial charge in [-0.2, -0.15) is 0 Å². The molecule has 4 rings (SSSR count). The summed E-state index contributed by atoms with van der Waals surface area (Å²) in [5.74, 6) is 1.48. The molecule has 4 aromatic rings. The first-order valence-electron chi connectivity index (χ1n) is 12.5. The zero-order valence-electron chi connectivity index (χ0n) is 20.3. The summed E-state index contributed by atoms with van der Waals surface area (Å²) in [6.07, 6.45) is 9.31. The van der Waals surface area contributed by atoms with Crippen molar-refractivity contribution >= 4 is 34.0 Å². The summed E-state index contributed by atoms with van der Waals surface area (Å²) in [5.41, 5.74) is 1.60. The van der Waals surface area contributed by atoms with Gasteiger partial charge in [0.1, 0.15) is 11.5 Å². The van der Waals surface area contributed by atoms with Crippen LogP contribution in [-0.4, -0.2) is 36.1 Å². The number of ether oxygens (including phenoxy) is 2. The first-order valence-corrected chi connectivity index (χ1v) is 12.5. The maximum absolute atomic E-state index is 9.07. The largest absolute Gasteiger partial charge is 0.493 e. The number of rotatable bonds is 13. The van der Waals surface area contributed by atoms with Gasteiger partial charge in [0.15, 0.2) is 0 Å². The van der Waals surface area contributed by atoms with Crippen LogP contribution in [0.15, 0.2) is 83.1 Å². The van der Waals surface area contributed by atoms with Crippen LogP contribution in [0.5, 0.6) is 11.5 Å². The van der Waals surface area contributed by atoms with Gasteiger partial charge in [-0.25, -0.2) is 0 Å². The van der Waals surface area contributed by atoms with Crippen LogP contribution < -0.4 is 9.47 Å². The predicted molar refractivity (Wildman–Crippen MR) is 145 cm³/mol. The Morgan fingerprint density at radius 3 is 1.39 bits per heavy atom. The molecule has 0 aliphatic heterocycles. The van der Waals surface area contributed by atoms with Crippen LogP contribution in [0.1, 0.15) is 49.7 Å². The van der Waals surface area contributed by atoms with Crippen molar-refractivity contribution in [3.8, 4) is 11.5 Å². The number of nitrogens with zero attached hydrogens (tertiary/aromatic N) is 2. The Bertz CT molecular complexity index is 1230. The Balaban J connectivity index is 1.15. The van der Waals surface area contributed by atoms with E-state index in [1.807, 2.05) is 72.8 Å². The second-order valence-electron chi connectivity index (χ2n) is 8.70. The third-order valence-electron chi connectivity index (χ3n) is 6.29. The molecule has 0 unspecified atom stereocenters. The van der Waals surface area contributed by atoms with Crippen LogP contribution >= 0.6 is 0 Å². The van der Waals surface area contributed by atoms with Crippen LogP contribution in [0.4, 0.5) is 0 Å². The molecule has 0 amide bonds. The van der Waals surface area contributed by atoms with Crippen molar-refractivity contribution in [1.82, 2.24) is 0 Å². The molecule has 0 radical (unpaired) electrons. The van der Waals surface area contributed by atoms with Crippen LogP contribution in [-0.2, 0) is 0 Å². The van der Waals surface area contributed by atoms with Crippen molar-refractivity contribution in [3.05, 3.63) is 83.9 Å². The van der Waals surface area contributed by atoms with E-state index in [-0.39, 0.29) is 0 Å². The number of benzene rings is 4. The highest BCUT2D eigenvalue weighted by Crippen LogP contribution is 2.28. The normalized spacial score (nSPS) is 11.7. The van der Waals surface area contributed by atoms with Crippen molar-refractivity contribution in [1.29, 1.82) is 0 Å². The number of oxime groups is 2. The zero-order chi connectivity index (χ0) is 25.0. The average Bonchev–Trinajstić information content (AvgIpc) is 2.91. The molecule has 186 valence electrons. The lowest BCUT2D eigenvalue weighted by Crippen LogP contribution is -2.02. The van der Waals surface area contributed by atoms with Gasteiger partial charge >= 0.3 is 0 Å². The van der Waals surface area contributed by atoms with Gasteiger partial charge in [0, 0.05) is 11.1 Å². The summed E-state index contributed by atoms with van der Waals surface area (Å²) in [6, 6.07) is 23.9. The molecule has 0 aliphatic rings. The molecule has 36 heavy (non-hydrogen) atoms. The van der Waals surface area contributed by atoms with Gasteiger partial charge in [0.2, 0.25) is 0 Å². The van der Waals surface area contributed by atoms with Crippen molar-refractivity contribution < 1.29 is 19.9 Å². The summed E-state index contributed by atoms with van der Waals surface area (Å²) in [4.78, 5) is 0. The predicted octanol–water partition coefficient (Wildman–Crippen LogP) is 7.41. The van der Waals surface area contributed by atoms with Crippen LogP contribution in [0.25, 0.3) is 21.5 Å². The molecule has 0 fully saturated rings. The highest BCUT2D eigenvalue weighted by molar-refractivity contribution is 6.03. The van der Waals surface area contributed by atoms with Crippen LogP contribution in [0, 0.1) is 0 Å². The van der Waals surface area contributed by atoms with Gasteiger partial charge in [0.05, 0.1) is 25.6 Å². The Morgan fingerprint density at radius 1 is 0.528 bits per heavy atom. The van der Waals surface area contributed by atoms with Crippen molar-refractivity contribution in [3.63, 3.8) is 0 Å². The molecule has 0 saturated carbocycles. The molecule has 0 aromatic heterocycles. The highest BCUT2D eigenvalue weighted by Gasteiger charge is 2.08. The number of fused-ring (bicyclic) bond motifs is 2. The minimum atomic E-state index is 0.630. The van der Waals surface area contributed by atoms with Gasteiger partial charge in [0.25, 0.3) is 0 Å². The molecule has 2 N–H and O–H groups in total. The van der Waals surface area contributed by atoms with Gasteiger partial charge in [-0.1, -0.05) is 96.7 Å². The van der Waals surface area contributed by atoms with E-state index in [0.717, 1.165) is 82.7 Å². The summed E-state index contributed by atoms with van der Waals surface area (Å²) in [5, 5.41) is 28.8. The fourth-order valence-corrected chi connectivity index (χ4v) is 4.46. The second kappa shape index (κ2) is 13.1. The van der Waals surface area contributed by atoms with Crippen molar-refractivity contribution in [2.24, 2.45) is 10.3 Å². The molecule has 0 saturated heterocycles. The standard InChI is InChI=1S/C30H32N2O4/c33-31-21-27-25-13-7-5-11-23(25)15-17-29(27)35-19-9-3-1-2-4-10-20-36-30-18-16-24-12-6-8-14-26(24)28(30)22-32-34/h5-8,11-18,21-22,33-34H,1-4,9-10,19-20H2/b31-21+,32-22+. The van der Waals surface area contributed by atoms with Gasteiger partial charge in [-0.3, -0.25) is 0 Å². The molecule has 0 spiro atoms. The molecule has 0 heterocycles.